The van der Waals surface area contributed by atoms with Gasteiger partial charge in [-0.15, -0.1) is 0 Å². The van der Waals surface area contributed by atoms with Gasteiger partial charge in [-0.2, -0.15) is 0 Å². The highest BCUT2D eigenvalue weighted by Gasteiger charge is 2.13. The molecule has 5 nitrogen and oxygen atoms in total. The SMILES string of the molecule is COc1ccc(-c2cnc3c(OC(C)C)nccn23)cc1Cl. The van der Waals surface area contributed by atoms with Crippen molar-refractivity contribution in [2.75, 3.05) is 7.11 Å². The van der Waals surface area contributed by atoms with E-state index in [2.05, 4.69) is 9.97 Å². The minimum atomic E-state index is 0.0364. The van der Waals surface area contributed by atoms with E-state index < -0.39 is 0 Å². The number of aromatic nitrogens is 3. The number of benzene rings is 1. The molecule has 0 amide bonds. The van der Waals surface area contributed by atoms with Gasteiger partial charge in [-0.25, -0.2) is 9.97 Å². The first kappa shape index (κ1) is 14.7. The number of imidazole rings is 1. The third kappa shape index (κ3) is 2.60. The van der Waals surface area contributed by atoms with Crippen LogP contribution in [-0.2, 0) is 0 Å². The highest BCUT2D eigenvalue weighted by molar-refractivity contribution is 6.32. The van der Waals surface area contributed by atoms with Gasteiger partial charge in [0.15, 0.2) is 0 Å². The summed E-state index contributed by atoms with van der Waals surface area (Å²) in [6.45, 7) is 3.91. The summed E-state index contributed by atoms with van der Waals surface area (Å²) in [5.74, 6) is 1.16. The monoisotopic (exact) mass is 317 g/mol. The maximum absolute atomic E-state index is 6.21. The Labute approximate surface area is 133 Å². The van der Waals surface area contributed by atoms with Crippen LogP contribution in [0.1, 0.15) is 13.8 Å². The van der Waals surface area contributed by atoms with Crippen molar-refractivity contribution >= 4 is 17.2 Å². The third-order valence-corrected chi connectivity index (χ3v) is 3.49. The van der Waals surface area contributed by atoms with E-state index in [-0.39, 0.29) is 6.10 Å². The van der Waals surface area contributed by atoms with Crippen molar-refractivity contribution in [3.05, 3.63) is 41.8 Å². The van der Waals surface area contributed by atoms with Crippen molar-refractivity contribution in [1.82, 2.24) is 14.4 Å². The fourth-order valence-corrected chi connectivity index (χ4v) is 2.50. The first-order valence-electron chi connectivity index (χ1n) is 6.92. The maximum atomic E-state index is 6.21. The maximum Gasteiger partial charge on any atom is 0.258 e. The van der Waals surface area contributed by atoms with Crippen LogP contribution < -0.4 is 9.47 Å². The topological polar surface area (TPSA) is 48.7 Å². The molecule has 0 bridgehead atoms. The Morgan fingerprint density at radius 3 is 2.73 bits per heavy atom. The van der Waals surface area contributed by atoms with Gasteiger partial charge in [-0.3, -0.25) is 4.40 Å². The second kappa shape index (κ2) is 5.85. The number of nitrogens with zero attached hydrogens (tertiary/aromatic N) is 3. The molecule has 0 aliphatic carbocycles. The average molecular weight is 318 g/mol. The molecule has 2 aromatic heterocycles. The Balaban J connectivity index is 2.10. The summed E-state index contributed by atoms with van der Waals surface area (Å²) in [6.07, 6.45) is 5.36. The lowest BCUT2D eigenvalue weighted by Gasteiger charge is -2.10. The molecular weight excluding hydrogens is 302 g/mol. The summed E-state index contributed by atoms with van der Waals surface area (Å²) in [4.78, 5) is 8.67. The molecule has 0 radical (unpaired) electrons. The van der Waals surface area contributed by atoms with Crippen LogP contribution in [0.5, 0.6) is 11.6 Å². The van der Waals surface area contributed by atoms with E-state index in [1.807, 2.05) is 42.6 Å². The highest BCUT2D eigenvalue weighted by atomic mass is 35.5. The third-order valence-electron chi connectivity index (χ3n) is 3.19. The van der Waals surface area contributed by atoms with Gasteiger partial charge < -0.3 is 9.47 Å². The summed E-state index contributed by atoms with van der Waals surface area (Å²) in [5, 5.41) is 0.558. The number of halogens is 1. The molecule has 0 aliphatic rings. The molecule has 0 N–H and O–H groups in total. The van der Waals surface area contributed by atoms with Crippen LogP contribution in [0.3, 0.4) is 0 Å². The van der Waals surface area contributed by atoms with Gasteiger partial charge in [-0.1, -0.05) is 11.6 Å². The van der Waals surface area contributed by atoms with E-state index in [1.165, 1.54) is 0 Å². The molecule has 114 valence electrons. The van der Waals surface area contributed by atoms with Gasteiger partial charge in [0.1, 0.15) is 5.75 Å². The minimum absolute atomic E-state index is 0.0364. The molecule has 0 saturated carbocycles. The second-order valence-electron chi connectivity index (χ2n) is 5.09. The van der Waals surface area contributed by atoms with E-state index in [0.29, 0.717) is 22.3 Å². The van der Waals surface area contributed by atoms with Crippen LogP contribution in [0, 0.1) is 0 Å². The van der Waals surface area contributed by atoms with Gasteiger partial charge in [0.05, 0.1) is 30.1 Å². The van der Waals surface area contributed by atoms with Crippen molar-refractivity contribution in [2.45, 2.75) is 20.0 Å². The standard InChI is InChI=1S/C16H16ClN3O2/c1-10(2)22-16-15-19-9-13(20(15)7-6-18-16)11-4-5-14(21-3)12(17)8-11/h4-10H,1-3H3. The Morgan fingerprint density at radius 1 is 1.23 bits per heavy atom. The van der Waals surface area contributed by atoms with Crippen molar-refractivity contribution in [1.29, 1.82) is 0 Å². The molecule has 0 aliphatic heterocycles. The van der Waals surface area contributed by atoms with E-state index in [4.69, 9.17) is 21.1 Å². The predicted octanol–water partition coefficient (Wildman–Crippen LogP) is 3.85. The van der Waals surface area contributed by atoms with Gasteiger partial charge in [0, 0.05) is 18.0 Å². The molecule has 22 heavy (non-hydrogen) atoms. The molecule has 3 aromatic rings. The minimum Gasteiger partial charge on any atom is -0.495 e. The second-order valence-corrected chi connectivity index (χ2v) is 5.49. The summed E-state index contributed by atoms with van der Waals surface area (Å²) < 4.78 is 12.8. The van der Waals surface area contributed by atoms with Crippen LogP contribution >= 0.6 is 11.6 Å². The molecule has 0 spiro atoms. The van der Waals surface area contributed by atoms with Gasteiger partial charge >= 0.3 is 0 Å². The van der Waals surface area contributed by atoms with Crippen molar-refractivity contribution in [2.24, 2.45) is 0 Å². The lowest BCUT2D eigenvalue weighted by atomic mass is 10.1. The molecule has 0 fully saturated rings. The number of rotatable bonds is 4. The van der Waals surface area contributed by atoms with Crippen molar-refractivity contribution in [3.63, 3.8) is 0 Å². The van der Waals surface area contributed by atoms with Gasteiger partial charge in [0.25, 0.3) is 5.88 Å². The molecule has 2 heterocycles. The lowest BCUT2D eigenvalue weighted by Crippen LogP contribution is -2.08. The van der Waals surface area contributed by atoms with Crippen LogP contribution in [0.15, 0.2) is 36.8 Å². The van der Waals surface area contributed by atoms with Gasteiger partial charge in [-0.05, 0) is 32.0 Å². The Bertz CT molecular complexity index is 814. The van der Waals surface area contributed by atoms with Gasteiger partial charge in [0.2, 0.25) is 5.65 Å². The van der Waals surface area contributed by atoms with E-state index >= 15 is 0 Å². The van der Waals surface area contributed by atoms with Crippen LogP contribution in [0.25, 0.3) is 16.9 Å². The highest BCUT2D eigenvalue weighted by Crippen LogP contribution is 2.31. The smallest absolute Gasteiger partial charge is 0.258 e. The first-order valence-corrected chi connectivity index (χ1v) is 7.30. The van der Waals surface area contributed by atoms with Crippen molar-refractivity contribution < 1.29 is 9.47 Å². The largest absolute Gasteiger partial charge is 0.495 e. The summed E-state index contributed by atoms with van der Waals surface area (Å²) >= 11 is 6.21. The van der Waals surface area contributed by atoms with E-state index in [1.54, 1.807) is 19.5 Å². The molecular formula is C16H16ClN3O2. The number of hydrogen-bond acceptors (Lipinski definition) is 4. The lowest BCUT2D eigenvalue weighted by molar-refractivity contribution is 0.234. The van der Waals surface area contributed by atoms with Crippen LogP contribution in [-0.4, -0.2) is 27.6 Å². The normalized spacial score (nSPS) is 11.1. The van der Waals surface area contributed by atoms with Crippen LogP contribution in [0.2, 0.25) is 5.02 Å². The zero-order chi connectivity index (χ0) is 15.7. The number of ether oxygens (including phenoxy) is 2. The summed E-state index contributed by atoms with van der Waals surface area (Å²) in [5.41, 5.74) is 2.54. The van der Waals surface area contributed by atoms with Crippen molar-refractivity contribution in [3.8, 4) is 22.9 Å². The summed E-state index contributed by atoms with van der Waals surface area (Å²) in [7, 11) is 1.59. The van der Waals surface area contributed by atoms with Crippen LogP contribution in [0.4, 0.5) is 0 Å². The Hall–Kier alpha value is -2.27. The molecule has 1 aromatic carbocycles. The van der Waals surface area contributed by atoms with E-state index in [9.17, 15) is 0 Å². The number of hydrogen-bond donors (Lipinski definition) is 0. The Morgan fingerprint density at radius 2 is 2.05 bits per heavy atom. The molecule has 3 rings (SSSR count). The molecule has 0 unspecified atom stereocenters. The molecule has 0 atom stereocenters. The van der Waals surface area contributed by atoms with E-state index in [0.717, 1.165) is 11.3 Å². The predicted molar refractivity (Wildman–Crippen MR) is 85.7 cm³/mol. The zero-order valence-electron chi connectivity index (χ0n) is 12.6. The summed E-state index contributed by atoms with van der Waals surface area (Å²) in [6, 6.07) is 5.63. The number of fused-ring (bicyclic) bond motifs is 1. The average Bonchev–Trinajstić information content (AvgIpc) is 2.91. The first-order chi connectivity index (χ1) is 10.6. The fraction of sp³-hybridized carbons (Fsp3) is 0.250. The zero-order valence-corrected chi connectivity index (χ0v) is 13.3. The molecule has 0 saturated heterocycles. The molecule has 6 heteroatoms. The Kier molecular flexibility index (Phi) is 3.90. The quantitative estimate of drug-likeness (QED) is 0.733. The number of methoxy groups -OCH3 is 1. The fourth-order valence-electron chi connectivity index (χ4n) is 2.24.